The van der Waals surface area contributed by atoms with Gasteiger partial charge in [0.2, 0.25) is 0 Å². The van der Waals surface area contributed by atoms with Gasteiger partial charge >= 0.3 is 0 Å². The van der Waals surface area contributed by atoms with Crippen LogP contribution in [-0.2, 0) is 0 Å². The van der Waals surface area contributed by atoms with Gasteiger partial charge < -0.3 is 0 Å². The Bertz CT molecular complexity index is 2840. The Hall–Kier alpha value is -6.42. The minimum atomic E-state index is 0.713. The summed E-state index contributed by atoms with van der Waals surface area (Å²) in [5.41, 5.74) is 9.61. The molecule has 0 fully saturated rings. The molecule has 0 saturated carbocycles. The van der Waals surface area contributed by atoms with E-state index in [0.29, 0.717) is 5.82 Å². The zero-order valence-corrected chi connectivity index (χ0v) is 28.4. The van der Waals surface area contributed by atoms with Crippen molar-refractivity contribution in [1.29, 1.82) is 0 Å². The lowest BCUT2D eigenvalue weighted by atomic mass is 9.93. The zero-order valence-electron chi connectivity index (χ0n) is 27.6. The van der Waals surface area contributed by atoms with E-state index in [4.69, 9.17) is 9.97 Å². The molecule has 10 rings (SSSR count). The van der Waals surface area contributed by atoms with Crippen LogP contribution in [0.4, 0.5) is 0 Å². The van der Waals surface area contributed by atoms with Gasteiger partial charge in [-0.25, -0.2) is 9.97 Å². The minimum Gasteiger partial charge on any atom is -0.228 e. The van der Waals surface area contributed by atoms with E-state index in [9.17, 15) is 0 Å². The lowest BCUT2D eigenvalue weighted by molar-refractivity contribution is 1.18. The highest BCUT2D eigenvalue weighted by Crippen LogP contribution is 2.45. The normalized spacial score (nSPS) is 11.5. The topological polar surface area (TPSA) is 25.8 Å². The van der Waals surface area contributed by atoms with Crippen molar-refractivity contribution < 1.29 is 0 Å². The standard InChI is InChI=1S/C48H30N2S/c1-4-13-31(14-5-1)35-27-36(29-37(28-35)44-30-43(33-16-6-2-7-17-33)49-48(50-44)34-18-8-3-9-19-34)39-21-12-22-42-46-41-24-23-32-15-10-11-20-38(32)40(41)25-26-45(46)51-47(39)42/h1-30H. The molecule has 2 aromatic heterocycles. The van der Waals surface area contributed by atoms with E-state index in [1.165, 1.54) is 58.4 Å². The average molecular weight is 667 g/mol. The van der Waals surface area contributed by atoms with Crippen LogP contribution in [0.5, 0.6) is 0 Å². The van der Waals surface area contributed by atoms with Gasteiger partial charge in [-0.15, -0.1) is 11.3 Å². The van der Waals surface area contributed by atoms with Gasteiger partial charge in [0.1, 0.15) is 0 Å². The largest absolute Gasteiger partial charge is 0.228 e. The molecule has 51 heavy (non-hydrogen) atoms. The van der Waals surface area contributed by atoms with Gasteiger partial charge in [-0.3, -0.25) is 0 Å². The number of rotatable bonds is 5. The molecular formula is C48H30N2S. The molecule has 0 N–H and O–H groups in total. The molecule has 0 saturated heterocycles. The first kappa shape index (κ1) is 29.5. The predicted molar refractivity (Wildman–Crippen MR) is 217 cm³/mol. The Morgan fingerprint density at radius 2 is 0.961 bits per heavy atom. The maximum atomic E-state index is 5.22. The van der Waals surface area contributed by atoms with Crippen molar-refractivity contribution in [3.05, 3.63) is 182 Å². The van der Waals surface area contributed by atoms with Crippen molar-refractivity contribution in [2.75, 3.05) is 0 Å². The van der Waals surface area contributed by atoms with Crippen LogP contribution in [0.3, 0.4) is 0 Å². The summed E-state index contributed by atoms with van der Waals surface area (Å²) in [6.07, 6.45) is 0. The molecule has 2 heterocycles. The molecule has 8 aromatic carbocycles. The van der Waals surface area contributed by atoms with Crippen LogP contribution >= 0.6 is 11.3 Å². The second kappa shape index (κ2) is 12.2. The molecule has 0 spiro atoms. The van der Waals surface area contributed by atoms with Gasteiger partial charge in [0.25, 0.3) is 0 Å². The molecule has 10 aromatic rings. The molecule has 0 atom stereocenters. The van der Waals surface area contributed by atoms with Crippen molar-refractivity contribution in [1.82, 2.24) is 9.97 Å². The smallest absolute Gasteiger partial charge is 0.160 e. The number of aromatic nitrogens is 2. The van der Waals surface area contributed by atoms with E-state index in [1.54, 1.807) is 0 Å². The average Bonchev–Trinajstić information content (AvgIpc) is 3.61. The quantitative estimate of drug-likeness (QED) is 0.171. The Labute approximate surface area is 300 Å². The van der Waals surface area contributed by atoms with Gasteiger partial charge in [0.15, 0.2) is 5.82 Å². The first-order chi connectivity index (χ1) is 25.3. The summed E-state index contributed by atoms with van der Waals surface area (Å²) in [7, 11) is 0. The van der Waals surface area contributed by atoms with Gasteiger partial charge in [0, 0.05) is 36.9 Å². The van der Waals surface area contributed by atoms with Gasteiger partial charge in [0.05, 0.1) is 11.4 Å². The van der Waals surface area contributed by atoms with Crippen molar-refractivity contribution in [2.24, 2.45) is 0 Å². The summed E-state index contributed by atoms with van der Waals surface area (Å²) in [6, 6.07) is 65.0. The number of fused-ring (bicyclic) bond motifs is 7. The van der Waals surface area contributed by atoms with Crippen LogP contribution in [-0.4, -0.2) is 9.97 Å². The Kier molecular flexibility index (Phi) is 7.04. The summed E-state index contributed by atoms with van der Waals surface area (Å²) < 4.78 is 2.59. The predicted octanol–water partition coefficient (Wildman–Crippen LogP) is 13.5. The number of benzene rings is 8. The van der Waals surface area contributed by atoms with Crippen LogP contribution in [0.15, 0.2) is 182 Å². The Balaban J connectivity index is 1.22. The lowest BCUT2D eigenvalue weighted by Crippen LogP contribution is -1.96. The van der Waals surface area contributed by atoms with Crippen molar-refractivity contribution in [2.45, 2.75) is 0 Å². The van der Waals surface area contributed by atoms with E-state index in [1.807, 2.05) is 35.6 Å². The zero-order chi connectivity index (χ0) is 33.7. The maximum Gasteiger partial charge on any atom is 0.160 e. The molecular weight excluding hydrogens is 637 g/mol. The second-order valence-corrected chi connectivity index (χ2v) is 14.0. The molecule has 0 aliphatic carbocycles. The van der Waals surface area contributed by atoms with Crippen LogP contribution in [0.1, 0.15) is 0 Å². The highest BCUT2D eigenvalue weighted by molar-refractivity contribution is 7.26. The van der Waals surface area contributed by atoms with E-state index >= 15 is 0 Å². The molecule has 0 aliphatic rings. The first-order valence-corrected chi connectivity index (χ1v) is 18.1. The fourth-order valence-corrected chi connectivity index (χ4v) is 8.66. The molecule has 0 radical (unpaired) electrons. The van der Waals surface area contributed by atoms with E-state index < -0.39 is 0 Å². The molecule has 238 valence electrons. The van der Waals surface area contributed by atoms with E-state index in [-0.39, 0.29) is 0 Å². The van der Waals surface area contributed by atoms with Crippen molar-refractivity contribution in [3.8, 4) is 56.2 Å². The van der Waals surface area contributed by atoms with Gasteiger partial charge in [-0.05, 0) is 74.1 Å². The van der Waals surface area contributed by atoms with Crippen LogP contribution in [0.2, 0.25) is 0 Å². The SMILES string of the molecule is c1ccc(-c2cc(-c3cc(-c4ccccc4)nc(-c4ccccc4)n3)cc(-c3cccc4c3sc3ccc5c6ccccc6ccc5c34)c2)cc1. The highest BCUT2D eigenvalue weighted by atomic mass is 32.1. The minimum absolute atomic E-state index is 0.713. The molecule has 0 amide bonds. The molecule has 2 nitrogen and oxygen atoms in total. The third-order valence-corrected chi connectivity index (χ3v) is 11.1. The molecule has 0 unspecified atom stereocenters. The second-order valence-electron chi connectivity index (χ2n) is 13.0. The third kappa shape index (κ3) is 5.18. The number of hydrogen-bond acceptors (Lipinski definition) is 3. The third-order valence-electron chi connectivity index (χ3n) is 9.86. The van der Waals surface area contributed by atoms with Crippen LogP contribution < -0.4 is 0 Å². The van der Waals surface area contributed by atoms with Gasteiger partial charge in [-0.2, -0.15) is 0 Å². The highest BCUT2D eigenvalue weighted by Gasteiger charge is 2.17. The molecule has 0 bridgehead atoms. The van der Waals surface area contributed by atoms with E-state index in [0.717, 1.165) is 33.6 Å². The molecule has 3 heteroatoms. The molecule has 0 aliphatic heterocycles. The summed E-state index contributed by atoms with van der Waals surface area (Å²) in [4.78, 5) is 10.3. The Morgan fingerprint density at radius 3 is 1.75 bits per heavy atom. The van der Waals surface area contributed by atoms with Gasteiger partial charge in [-0.1, -0.05) is 152 Å². The van der Waals surface area contributed by atoms with E-state index in [2.05, 4.69) is 158 Å². The monoisotopic (exact) mass is 666 g/mol. The summed E-state index contributed by atoms with van der Waals surface area (Å²) in [5.74, 6) is 0.713. The fraction of sp³-hybridized carbons (Fsp3) is 0. The number of thiophene rings is 1. The number of hydrogen-bond donors (Lipinski definition) is 0. The Morgan fingerprint density at radius 1 is 0.353 bits per heavy atom. The number of nitrogens with zero attached hydrogens (tertiary/aromatic N) is 2. The summed E-state index contributed by atoms with van der Waals surface area (Å²) >= 11 is 1.88. The first-order valence-electron chi connectivity index (χ1n) is 17.2. The summed E-state index contributed by atoms with van der Waals surface area (Å²) in [6.45, 7) is 0. The van der Waals surface area contributed by atoms with Crippen molar-refractivity contribution >= 4 is 53.1 Å². The van der Waals surface area contributed by atoms with Crippen LogP contribution in [0.25, 0.3) is 97.9 Å². The summed E-state index contributed by atoms with van der Waals surface area (Å²) in [5, 5.41) is 7.78. The van der Waals surface area contributed by atoms with Crippen LogP contribution in [0, 0.1) is 0 Å². The lowest BCUT2D eigenvalue weighted by Gasteiger charge is -2.13. The maximum absolute atomic E-state index is 5.22. The fourth-order valence-electron chi connectivity index (χ4n) is 7.41. The van der Waals surface area contributed by atoms with Crippen molar-refractivity contribution in [3.63, 3.8) is 0 Å².